The van der Waals surface area contributed by atoms with E-state index >= 15 is 0 Å². The molecule has 136 valence electrons. The van der Waals surface area contributed by atoms with Gasteiger partial charge in [0.05, 0.1) is 11.5 Å². The first kappa shape index (κ1) is 19.0. The molecule has 2 aromatic carbocycles. The lowest BCUT2D eigenvalue weighted by molar-refractivity contribution is -0.387. The van der Waals surface area contributed by atoms with Gasteiger partial charge in [-0.3, -0.25) is 14.9 Å². The molecule has 0 heterocycles. The molecule has 2 amide bonds. The van der Waals surface area contributed by atoms with Gasteiger partial charge in [-0.1, -0.05) is 12.1 Å². The van der Waals surface area contributed by atoms with E-state index in [0.717, 1.165) is 12.1 Å². The molecule has 2 N–H and O–H groups in total. The molecule has 0 spiro atoms. The van der Waals surface area contributed by atoms with Gasteiger partial charge in [0.25, 0.3) is 0 Å². The molecular weight excluding hydrogens is 343 g/mol. The number of halogens is 1. The number of hydrogen-bond acceptors (Lipinski definition) is 5. The summed E-state index contributed by atoms with van der Waals surface area (Å²) in [6.07, 6.45) is 0. The van der Waals surface area contributed by atoms with Gasteiger partial charge < -0.3 is 15.5 Å². The highest BCUT2D eigenvalue weighted by molar-refractivity contribution is 6.02. The largest absolute Gasteiger partial charge is 0.323 e. The van der Waals surface area contributed by atoms with E-state index in [1.807, 2.05) is 0 Å². The standard InChI is InChI=1S/C17H17FN4O4/c1-21(2)10-16(23)11-4-3-5-12(8-11)19-17(24)20-13-6-7-14(18)15(9-13)22(25)26/h3-9H,10H2,1-2H3,(H2,19,20,24). The van der Waals surface area contributed by atoms with E-state index < -0.39 is 22.5 Å². The molecule has 0 aliphatic rings. The summed E-state index contributed by atoms with van der Waals surface area (Å²) in [7, 11) is 3.55. The molecule has 0 atom stereocenters. The van der Waals surface area contributed by atoms with Crippen LogP contribution in [0.5, 0.6) is 0 Å². The Hall–Kier alpha value is -3.33. The van der Waals surface area contributed by atoms with Gasteiger partial charge >= 0.3 is 11.7 Å². The number of carbonyl (C=O) groups excluding carboxylic acids is 2. The lowest BCUT2D eigenvalue weighted by Gasteiger charge is -2.11. The maximum Gasteiger partial charge on any atom is 0.323 e. The second-order valence-corrected chi connectivity index (χ2v) is 5.74. The number of amides is 2. The number of nitrogens with zero attached hydrogens (tertiary/aromatic N) is 2. The van der Waals surface area contributed by atoms with Gasteiger partial charge in [-0.25, -0.2) is 4.79 Å². The zero-order valence-corrected chi connectivity index (χ0v) is 14.2. The number of likely N-dealkylation sites (N-methyl/N-ethyl adjacent to an activating group) is 1. The van der Waals surface area contributed by atoms with Crippen molar-refractivity contribution in [3.63, 3.8) is 0 Å². The van der Waals surface area contributed by atoms with Crippen molar-refractivity contribution in [2.45, 2.75) is 0 Å². The summed E-state index contributed by atoms with van der Waals surface area (Å²) in [4.78, 5) is 35.7. The van der Waals surface area contributed by atoms with Crippen molar-refractivity contribution in [1.29, 1.82) is 0 Å². The molecule has 26 heavy (non-hydrogen) atoms. The van der Waals surface area contributed by atoms with Gasteiger partial charge in [-0.2, -0.15) is 4.39 Å². The maximum atomic E-state index is 13.3. The van der Waals surface area contributed by atoms with Gasteiger partial charge in [-0.05, 0) is 38.4 Å². The van der Waals surface area contributed by atoms with Crippen LogP contribution >= 0.6 is 0 Å². The molecule has 0 bridgehead atoms. The number of nitrogens with one attached hydrogen (secondary N) is 2. The zero-order chi connectivity index (χ0) is 19.3. The van der Waals surface area contributed by atoms with E-state index in [2.05, 4.69) is 10.6 Å². The third-order valence-electron chi connectivity index (χ3n) is 3.30. The molecule has 0 unspecified atom stereocenters. The number of hydrogen-bond donors (Lipinski definition) is 2. The van der Waals surface area contributed by atoms with E-state index in [9.17, 15) is 24.1 Å². The highest BCUT2D eigenvalue weighted by atomic mass is 19.1. The second-order valence-electron chi connectivity index (χ2n) is 5.74. The predicted molar refractivity (Wildman–Crippen MR) is 95.0 cm³/mol. The molecule has 2 aromatic rings. The molecule has 2 rings (SSSR count). The number of benzene rings is 2. The third kappa shape index (κ3) is 5.08. The molecule has 0 aromatic heterocycles. The number of ketones is 1. The first-order valence-corrected chi connectivity index (χ1v) is 7.56. The van der Waals surface area contributed by atoms with Crippen LogP contribution in [0.4, 0.5) is 26.2 Å². The summed E-state index contributed by atoms with van der Waals surface area (Å²) in [5.41, 5.74) is 0.146. The molecule has 0 aliphatic carbocycles. The van der Waals surface area contributed by atoms with Crippen molar-refractivity contribution in [2.75, 3.05) is 31.3 Å². The van der Waals surface area contributed by atoms with Crippen LogP contribution in [0.3, 0.4) is 0 Å². The van der Waals surface area contributed by atoms with E-state index in [1.54, 1.807) is 37.2 Å². The summed E-state index contributed by atoms with van der Waals surface area (Å²) in [6.45, 7) is 0.231. The summed E-state index contributed by atoms with van der Waals surface area (Å²) < 4.78 is 13.3. The van der Waals surface area contributed by atoms with Gasteiger partial charge in [0, 0.05) is 23.0 Å². The lowest BCUT2D eigenvalue weighted by atomic mass is 10.1. The van der Waals surface area contributed by atoms with Crippen LogP contribution in [0, 0.1) is 15.9 Å². The van der Waals surface area contributed by atoms with E-state index in [-0.39, 0.29) is 18.0 Å². The average molecular weight is 360 g/mol. The fraction of sp³-hybridized carbons (Fsp3) is 0.176. The predicted octanol–water partition coefficient (Wildman–Crippen LogP) is 3.12. The van der Waals surface area contributed by atoms with Crippen LogP contribution in [0.2, 0.25) is 0 Å². The van der Waals surface area contributed by atoms with Crippen molar-refractivity contribution in [3.05, 3.63) is 64.0 Å². The molecule has 0 fully saturated rings. The molecule has 8 nitrogen and oxygen atoms in total. The zero-order valence-electron chi connectivity index (χ0n) is 14.2. The number of Topliss-reactive ketones (excluding diaryl/α,β-unsaturated/α-hetero) is 1. The summed E-state index contributed by atoms with van der Waals surface area (Å²) in [5, 5.41) is 15.6. The average Bonchev–Trinajstić information content (AvgIpc) is 2.56. The number of nitro groups is 1. The minimum Gasteiger partial charge on any atom is -0.308 e. The monoisotopic (exact) mass is 360 g/mol. The quantitative estimate of drug-likeness (QED) is 0.468. The number of nitro benzene ring substituents is 1. The summed E-state index contributed by atoms with van der Waals surface area (Å²) in [5.74, 6) is -1.10. The first-order chi connectivity index (χ1) is 12.3. The lowest BCUT2D eigenvalue weighted by Crippen LogP contribution is -2.22. The van der Waals surface area contributed by atoms with Crippen molar-refractivity contribution >= 4 is 28.9 Å². The molecule has 0 saturated heterocycles. The SMILES string of the molecule is CN(C)CC(=O)c1cccc(NC(=O)Nc2ccc(F)c([N+](=O)[O-])c2)c1. The highest BCUT2D eigenvalue weighted by Crippen LogP contribution is 2.22. The minimum atomic E-state index is -0.993. The Morgan fingerprint density at radius 2 is 1.77 bits per heavy atom. The fourth-order valence-electron chi connectivity index (χ4n) is 2.17. The van der Waals surface area contributed by atoms with Crippen molar-refractivity contribution in [2.24, 2.45) is 0 Å². The van der Waals surface area contributed by atoms with Gasteiger partial charge in [0.2, 0.25) is 5.82 Å². The van der Waals surface area contributed by atoms with Crippen LogP contribution < -0.4 is 10.6 Å². The number of urea groups is 1. The maximum absolute atomic E-state index is 13.3. The smallest absolute Gasteiger partial charge is 0.308 e. The van der Waals surface area contributed by atoms with Gasteiger partial charge in [0.15, 0.2) is 5.78 Å². The third-order valence-corrected chi connectivity index (χ3v) is 3.30. The van der Waals surface area contributed by atoms with Crippen molar-refractivity contribution < 1.29 is 18.9 Å². The number of carbonyl (C=O) groups is 2. The van der Waals surface area contributed by atoms with Gasteiger partial charge in [0.1, 0.15) is 0 Å². The van der Waals surface area contributed by atoms with Crippen LogP contribution in [0.15, 0.2) is 42.5 Å². The van der Waals surface area contributed by atoms with Crippen molar-refractivity contribution in [1.82, 2.24) is 4.90 Å². The van der Waals surface area contributed by atoms with Crippen LogP contribution in [-0.4, -0.2) is 42.3 Å². The van der Waals surface area contributed by atoms with E-state index in [4.69, 9.17) is 0 Å². The Morgan fingerprint density at radius 1 is 1.12 bits per heavy atom. The number of rotatable bonds is 6. The Bertz CT molecular complexity index is 854. The van der Waals surface area contributed by atoms with E-state index in [0.29, 0.717) is 11.3 Å². The molecule has 0 saturated carbocycles. The Balaban J connectivity index is 2.07. The topological polar surface area (TPSA) is 105 Å². The van der Waals surface area contributed by atoms with Crippen LogP contribution in [0.1, 0.15) is 10.4 Å². The Kier molecular flexibility index (Phi) is 5.97. The number of anilines is 2. The second kappa shape index (κ2) is 8.17. The molecule has 0 aliphatic heterocycles. The summed E-state index contributed by atoms with van der Waals surface area (Å²) >= 11 is 0. The fourth-order valence-corrected chi connectivity index (χ4v) is 2.17. The molecular formula is C17H17FN4O4. The minimum absolute atomic E-state index is 0.0652. The molecule has 0 radical (unpaired) electrons. The van der Waals surface area contributed by atoms with Crippen molar-refractivity contribution in [3.8, 4) is 0 Å². The molecule has 9 heteroatoms. The normalized spacial score (nSPS) is 10.5. The van der Waals surface area contributed by atoms with Crippen LogP contribution in [0.25, 0.3) is 0 Å². The Morgan fingerprint density at radius 3 is 2.38 bits per heavy atom. The van der Waals surface area contributed by atoms with Gasteiger partial charge in [-0.15, -0.1) is 0 Å². The Labute approximate surface area is 148 Å². The van der Waals surface area contributed by atoms with E-state index in [1.165, 1.54) is 12.1 Å². The summed E-state index contributed by atoms with van der Waals surface area (Å²) in [6, 6.07) is 8.74. The highest BCUT2D eigenvalue weighted by Gasteiger charge is 2.15. The van der Waals surface area contributed by atoms with Crippen LogP contribution in [-0.2, 0) is 0 Å². The first-order valence-electron chi connectivity index (χ1n) is 7.56.